The highest BCUT2D eigenvalue weighted by molar-refractivity contribution is 7.99. The van der Waals surface area contributed by atoms with Gasteiger partial charge >= 0.3 is 0 Å². The zero-order valence-electron chi connectivity index (χ0n) is 17.1. The van der Waals surface area contributed by atoms with Crippen LogP contribution in [0, 0.1) is 0 Å². The van der Waals surface area contributed by atoms with Gasteiger partial charge in [0.15, 0.2) is 0 Å². The fourth-order valence-electron chi connectivity index (χ4n) is 2.79. The Morgan fingerprint density at radius 3 is 2.37 bits per heavy atom. The van der Waals surface area contributed by atoms with Crippen molar-refractivity contribution in [2.45, 2.75) is 45.2 Å². The van der Waals surface area contributed by atoms with Gasteiger partial charge < -0.3 is 10.2 Å². The van der Waals surface area contributed by atoms with Crippen LogP contribution >= 0.6 is 46.6 Å². The van der Waals surface area contributed by atoms with Crippen LogP contribution in [0.1, 0.15) is 31.9 Å². The molecule has 0 radical (unpaired) electrons. The van der Waals surface area contributed by atoms with Crippen LogP contribution in [0.2, 0.25) is 15.1 Å². The minimum absolute atomic E-state index is 0.0147. The van der Waals surface area contributed by atoms with Gasteiger partial charge in [0.25, 0.3) is 0 Å². The Balaban J connectivity index is 2.10. The highest BCUT2D eigenvalue weighted by Gasteiger charge is 2.26. The van der Waals surface area contributed by atoms with Gasteiger partial charge in [-0.05, 0) is 56.2 Å². The highest BCUT2D eigenvalue weighted by Crippen LogP contribution is 2.24. The maximum atomic E-state index is 13.0. The Bertz CT molecular complexity index is 892. The molecule has 0 aliphatic rings. The number of thioether (sulfide) groups is 1. The highest BCUT2D eigenvalue weighted by atomic mass is 35.5. The second-order valence-electron chi connectivity index (χ2n) is 7.23. The molecule has 0 bridgehead atoms. The van der Waals surface area contributed by atoms with Crippen molar-refractivity contribution in [1.29, 1.82) is 0 Å². The number of carbonyl (C=O) groups excluding carboxylic acids is 2. The van der Waals surface area contributed by atoms with Gasteiger partial charge in [-0.3, -0.25) is 9.59 Å². The van der Waals surface area contributed by atoms with Crippen molar-refractivity contribution in [3.05, 3.63) is 68.7 Å². The number of amides is 2. The number of benzene rings is 2. The summed E-state index contributed by atoms with van der Waals surface area (Å²) in [5, 5.41) is 4.40. The lowest BCUT2D eigenvalue weighted by Crippen LogP contribution is -2.49. The zero-order chi connectivity index (χ0) is 22.3. The van der Waals surface area contributed by atoms with Gasteiger partial charge in [-0.25, -0.2) is 0 Å². The van der Waals surface area contributed by atoms with E-state index < -0.39 is 6.04 Å². The molecule has 2 aromatic rings. The maximum absolute atomic E-state index is 13.0. The number of carbonyl (C=O) groups is 2. The molecule has 2 rings (SSSR count). The Hall–Kier alpha value is -1.40. The van der Waals surface area contributed by atoms with E-state index in [2.05, 4.69) is 5.32 Å². The summed E-state index contributed by atoms with van der Waals surface area (Å²) >= 11 is 19.6. The van der Waals surface area contributed by atoms with E-state index in [1.807, 2.05) is 38.1 Å². The molecule has 0 spiro atoms. The number of hydrogen-bond acceptors (Lipinski definition) is 3. The van der Waals surface area contributed by atoms with E-state index in [1.165, 1.54) is 11.8 Å². The summed E-state index contributed by atoms with van der Waals surface area (Å²) in [6, 6.07) is 12.1. The maximum Gasteiger partial charge on any atom is 0.242 e. The van der Waals surface area contributed by atoms with E-state index in [9.17, 15) is 9.59 Å². The van der Waals surface area contributed by atoms with Crippen LogP contribution in [-0.4, -0.2) is 34.6 Å². The topological polar surface area (TPSA) is 49.4 Å². The molecule has 1 N–H and O–H groups in total. The molecule has 2 amide bonds. The van der Waals surface area contributed by atoms with Crippen LogP contribution in [-0.2, 0) is 21.9 Å². The summed E-state index contributed by atoms with van der Waals surface area (Å²) in [5.74, 6) is 0.574. The summed E-state index contributed by atoms with van der Waals surface area (Å²) < 4.78 is 0. The van der Waals surface area contributed by atoms with E-state index >= 15 is 0 Å². The van der Waals surface area contributed by atoms with Crippen molar-refractivity contribution in [3.8, 4) is 0 Å². The first-order valence-electron chi connectivity index (χ1n) is 9.53. The fourth-order valence-corrected chi connectivity index (χ4v) is 4.18. The molecule has 2 aromatic carbocycles. The van der Waals surface area contributed by atoms with Crippen LogP contribution < -0.4 is 5.32 Å². The van der Waals surface area contributed by atoms with Gasteiger partial charge in [0.2, 0.25) is 11.8 Å². The second-order valence-corrected chi connectivity index (χ2v) is 9.47. The van der Waals surface area contributed by atoms with Crippen molar-refractivity contribution in [2.75, 3.05) is 5.75 Å². The number of nitrogens with zero attached hydrogens (tertiary/aromatic N) is 1. The summed E-state index contributed by atoms with van der Waals surface area (Å²) in [6.07, 6.45) is 0. The van der Waals surface area contributed by atoms with Gasteiger partial charge in [-0.1, -0.05) is 53.0 Å². The Morgan fingerprint density at radius 2 is 1.73 bits per heavy atom. The molecule has 162 valence electrons. The summed E-state index contributed by atoms with van der Waals surface area (Å²) in [4.78, 5) is 27.2. The van der Waals surface area contributed by atoms with Crippen molar-refractivity contribution in [1.82, 2.24) is 10.2 Å². The first-order valence-corrected chi connectivity index (χ1v) is 11.8. The average Bonchev–Trinajstić information content (AvgIpc) is 2.67. The molecule has 4 nitrogen and oxygen atoms in total. The molecule has 0 fully saturated rings. The van der Waals surface area contributed by atoms with Gasteiger partial charge in [0, 0.05) is 23.4 Å². The fraction of sp³-hybridized carbons (Fsp3) is 0.364. The lowest BCUT2D eigenvalue weighted by atomic mass is 10.1. The third kappa shape index (κ3) is 7.69. The van der Waals surface area contributed by atoms with Crippen LogP contribution in [0.3, 0.4) is 0 Å². The van der Waals surface area contributed by atoms with E-state index in [4.69, 9.17) is 34.8 Å². The standard InChI is InChI=1S/C22H25Cl3N2O2S/c1-14(2)26-22(29)15(3)27(11-16-7-8-19(24)20(25)10-16)21(28)13-30-12-17-5-4-6-18(23)9-17/h4-10,14-15H,11-13H2,1-3H3,(H,26,29). The first-order chi connectivity index (χ1) is 14.2. The monoisotopic (exact) mass is 486 g/mol. The van der Waals surface area contributed by atoms with Crippen molar-refractivity contribution in [2.24, 2.45) is 0 Å². The quantitative estimate of drug-likeness (QED) is 0.485. The predicted molar refractivity (Wildman–Crippen MR) is 127 cm³/mol. The molecular weight excluding hydrogens is 463 g/mol. The second kappa shape index (κ2) is 11.8. The molecule has 1 atom stereocenters. The summed E-state index contributed by atoms with van der Waals surface area (Å²) in [6.45, 7) is 5.77. The minimum Gasteiger partial charge on any atom is -0.352 e. The molecule has 0 heterocycles. The SMILES string of the molecule is CC(C)NC(=O)C(C)N(Cc1ccc(Cl)c(Cl)c1)C(=O)CSCc1cccc(Cl)c1. The zero-order valence-corrected chi connectivity index (χ0v) is 20.2. The number of rotatable bonds is 9. The average molecular weight is 488 g/mol. The van der Waals surface area contributed by atoms with Crippen molar-refractivity contribution in [3.63, 3.8) is 0 Å². The van der Waals surface area contributed by atoms with Gasteiger partial charge in [0.1, 0.15) is 6.04 Å². The van der Waals surface area contributed by atoms with Crippen LogP contribution in [0.15, 0.2) is 42.5 Å². The van der Waals surface area contributed by atoms with Crippen molar-refractivity contribution < 1.29 is 9.59 Å². The third-order valence-corrected chi connectivity index (χ3v) is 6.28. The largest absolute Gasteiger partial charge is 0.352 e. The smallest absolute Gasteiger partial charge is 0.242 e. The third-order valence-electron chi connectivity index (χ3n) is 4.32. The van der Waals surface area contributed by atoms with E-state index in [-0.39, 0.29) is 30.2 Å². The molecule has 0 aliphatic heterocycles. The molecule has 0 aliphatic carbocycles. The number of nitrogens with one attached hydrogen (secondary N) is 1. The van der Waals surface area contributed by atoms with Crippen LogP contribution in [0.5, 0.6) is 0 Å². The number of hydrogen-bond donors (Lipinski definition) is 1. The van der Waals surface area contributed by atoms with E-state index in [0.29, 0.717) is 20.8 Å². The molecule has 0 aromatic heterocycles. The molecular formula is C22H25Cl3N2O2S. The minimum atomic E-state index is -0.624. The summed E-state index contributed by atoms with van der Waals surface area (Å²) in [7, 11) is 0. The van der Waals surface area contributed by atoms with Crippen LogP contribution in [0.4, 0.5) is 0 Å². The van der Waals surface area contributed by atoms with Gasteiger partial charge in [-0.2, -0.15) is 0 Å². The molecule has 1 unspecified atom stereocenters. The predicted octanol–water partition coefficient (Wildman–Crippen LogP) is 5.82. The molecule has 8 heteroatoms. The Labute approximate surface area is 197 Å². The van der Waals surface area contributed by atoms with Gasteiger partial charge in [0.05, 0.1) is 15.8 Å². The summed E-state index contributed by atoms with van der Waals surface area (Å²) in [5.41, 5.74) is 1.85. The molecule has 30 heavy (non-hydrogen) atoms. The van der Waals surface area contributed by atoms with Gasteiger partial charge in [-0.15, -0.1) is 11.8 Å². The van der Waals surface area contributed by atoms with Crippen LogP contribution in [0.25, 0.3) is 0 Å². The lowest BCUT2D eigenvalue weighted by molar-refractivity contribution is -0.138. The first kappa shape index (κ1) is 24.9. The van der Waals surface area contributed by atoms with E-state index in [0.717, 1.165) is 11.1 Å². The molecule has 0 saturated heterocycles. The Morgan fingerprint density at radius 1 is 1.00 bits per heavy atom. The number of halogens is 3. The normalized spacial score (nSPS) is 12.0. The molecule has 0 saturated carbocycles. The lowest BCUT2D eigenvalue weighted by Gasteiger charge is -2.29. The van der Waals surface area contributed by atoms with Crippen molar-refractivity contribution >= 4 is 58.4 Å². The van der Waals surface area contributed by atoms with E-state index in [1.54, 1.807) is 30.0 Å². The Kier molecular flexibility index (Phi) is 9.82.